The van der Waals surface area contributed by atoms with Crippen molar-refractivity contribution in [1.82, 2.24) is 10.4 Å². The number of carbonyl (C=O) groups is 1. The fourth-order valence-corrected chi connectivity index (χ4v) is 4.82. The summed E-state index contributed by atoms with van der Waals surface area (Å²) in [5.74, 6) is 1.12. The first-order valence-corrected chi connectivity index (χ1v) is 11.7. The van der Waals surface area contributed by atoms with Crippen LogP contribution in [0.15, 0.2) is 74.5 Å². The number of fused-ring (bicyclic) bond motifs is 1. The van der Waals surface area contributed by atoms with Gasteiger partial charge in [-0.1, -0.05) is 36.0 Å². The molecule has 2 heterocycles. The molecule has 4 rings (SSSR count). The molecule has 164 valence electrons. The molecule has 9 heteroatoms. The lowest BCUT2D eigenvalue weighted by Gasteiger charge is -2.02. The minimum atomic E-state index is -0.292. The summed E-state index contributed by atoms with van der Waals surface area (Å²) in [6.45, 7) is 0.260. The van der Waals surface area contributed by atoms with Crippen molar-refractivity contribution < 1.29 is 18.3 Å². The zero-order valence-corrected chi connectivity index (χ0v) is 18.6. The number of para-hydroxylation sites is 1. The summed E-state index contributed by atoms with van der Waals surface area (Å²) in [6.07, 6.45) is 2.52. The number of nitrogens with one attached hydrogen (secondary N) is 1. The van der Waals surface area contributed by atoms with Crippen molar-refractivity contribution in [3.05, 3.63) is 77.8 Å². The summed E-state index contributed by atoms with van der Waals surface area (Å²) in [4.78, 5) is 16.5. The van der Waals surface area contributed by atoms with E-state index in [1.54, 1.807) is 47.4 Å². The van der Waals surface area contributed by atoms with Crippen LogP contribution in [0.5, 0.6) is 5.95 Å². The number of halogens is 1. The minimum Gasteiger partial charge on any atom is -0.460 e. The van der Waals surface area contributed by atoms with E-state index < -0.39 is 0 Å². The number of rotatable bonds is 10. The first kappa shape index (κ1) is 22.0. The fourth-order valence-electron chi connectivity index (χ4n) is 2.75. The Kier molecular flexibility index (Phi) is 7.52. The summed E-state index contributed by atoms with van der Waals surface area (Å²) < 4.78 is 26.1. The maximum atomic E-state index is 12.9. The lowest BCUT2D eigenvalue weighted by molar-refractivity contribution is -0.121. The fraction of sp³-hybridized carbons (Fsp3) is 0.174. The molecule has 0 spiro atoms. The van der Waals surface area contributed by atoms with Crippen molar-refractivity contribution >= 4 is 45.4 Å². The van der Waals surface area contributed by atoms with E-state index in [2.05, 4.69) is 21.6 Å². The van der Waals surface area contributed by atoms with E-state index in [1.165, 1.54) is 23.0 Å². The summed E-state index contributed by atoms with van der Waals surface area (Å²) >= 11 is 3.32. The standard InChI is InChI=1S/C23H20FN3O3S2/c24-17-9-7-16(8-10-17)15-29-22-12-11-18(30-22)14-25-27-21(28)6-3-13-31-23-26-19-4-1-2-5-20(19)32-23/h1-2,4-5,7-12,14H,3,6,13,15H2,(H,27,28)/b25-14-. The molecule has 2 aromatic heterocycles. The Morgan fingerprint density at radius 1 is 1.19 bits per heavy atom. The smallest absolute Gasteiger partial charge is 0.285 e. The van der Waals surface area contributed by atoms with Crippen molar-refractivity contribution in [1.29, 1.82) is 0 Å². The molecular formula is C23H20FN3O3S2. The molecule has 2 aromatic carbocycles. The highest BCUT2D eigenvalue weighted by atomic mass is 32.2. The van der Waals surface area contributed by atoms with Gasteiger partial charge in [-0.25, -0.2) is 14.8 Å². The van der Waals surface area contributed by atoms with Crippen molar-refractivity contribution in [2.45, 2.75) is 23.8 Å². The van der Waals surface area contributed by atoms with Gasteiger partial charge < -0.3 is 9.15 Å². The van der Waals surface area contributed by atoms with Gasteiger partial charge in [-0.15, -0.1) is 11.3 Å². The van der Waals surface area contributed by atoms with Crippen LogP contribution in [-0.4, -0.2) is 22.9 Å². The van der Waals surface area contributed by atoms with Crippen LogP contribution in [-0.2, 0) is 11.4 Å². The van der Waals surface area contributed by atoms with Crippen LogP contribution < -0.4 is 10.2 Å². The highest BCUT2D eigenvalue weighted by molar-refractivity contribution is 8.01. The number of aromatic nitrogens is 1. The normalized spacial score (nSPS) is 11.3. The lowest BCUT2D eigenvalue weighted by atomic mass is 10.2. The van der Waals surface area contributed by atoms with Gasteiger partial charge in [-0.3, -0.25) is 4.79 Å². The van der Waals surface area contributed by atoms with E-state index in [4.69, 9.17) is 9.15 Å². The molecule has 0 saturated heterocycles. The Morgan fingerprint density at radius 2 is 2.03 bits per heavy atom. The van der Waals surface area contributed by atoms with Gasteiger partial charge in [0.25, 0.3) is 5.95 Å². The zero-order chi connectivity index (χ0) is 22.2. The van der Waals surface area contributed by atoms with Gasteiger partial charge in [0.2, 0.25) is 5.91 Å². The molecule has 0 bridgehead atoms. The maximum absolute atomic E-state index is 12.9. The number of ether oxygens (including phenoxy) is 1. The Labute approximate surface area is 192 Å². The monoisotopic (exact) mass is 469 g/mol. The van der Waals surface area contributed by atoms with Crippen molar-refractivity contribution in [2.75, 3.05) is 5.75 Å². The minimum absolute atomic E-state index is 0.162. The molecule has 32 heavy (non-hydrogen) atoms. The predicted octanol–water partition coefficient (Wildman–Crippen LogP) is 5.63. The van der Waals surface area contributed by atoms with Crippen LogP contribution in [0.4, 0.5) is 4.39 Å². The van der Waals surface area contributed by atoms with Crippen molar-refractivity contribution in [3.8, 4) is 5.95 Å². The second kappa shape index (κ2) is 10.9. The Bertz CT molecular complexity index is 1170. The molecule has 0 aliphatic rings. The van der Waals surface area contributed by atoms with Gasteiger partial charge in [-0.2, -0.15) is 5.10 Å². The van der Waals surface area contributed by atoms with Crippen LogP contribution in [0.25, 0.3) is 10.2 Å². The van der Waals surface area contributed by atoms with Crippen LogP contribution in [0.1, 0.15) is 24.2 Å². The van der Waals surface area contributed by atoms with Crippen LogP contribution in [0.2, 0.25) is 0 Å². The Hall–Kier alpha value is -3.17. The van der Waals surface area contributed by atoms with Crippen molar-refractivity contribution in [2.24, 2.45) is 5.10 Å². The molecule has 6 nitrogen and oxygen atoms in total. The number of nitrogens with zero attached hydrogens (tertiary/aromatic N) is 2. The largest absolute Gasteiger partial charge is 0.460 e. The van der Waals surface area contributed by atoms with E-state index in [9.17, 15) is 9.18 Å². The summed E-state index contributed by atoms with van der Waals surface area (Å²) in [5, 5.41) is 3.92. The summed E-state index contributed by atoms with van der Waals surface area (Å²) in [7, 11) is 0. The zero-order valence-electron chi connectivity index (χ0n) is 17.0. The predicted molar refractivity (Wildman–Crippen MR) is 125 cm³/mol. The van der Waals surface area contributed by atoms with Crippen molar-refractivity contribution in [3.63, 3.8) is 0 Å². The number of thioether (sulfide) groups is 1. The molecule has 1 N–H and O–H groups in total. The highest BCUT2D eigenvalue weighted by Crippen LogP contribution is 2.29. The third-order valence-electron chi connectivity index (χ3n) is 4.33. The average Bonchev–Trinajstić information content (AvgIpc) is 3.43. The molecule has 0 atom stereocenters. The van der Waals surface area contributed by atoms with E-state index >= 15 is 0 Å². The molecule has 4 aromatic rings. The molecule has 0 unspecified atom stereocenters. The Balaban J connectivity index is 1.14. The van der Waals surface area contributed by atoms with Crippen LogP contribution in [0.3, 0.4) is 0 Å². The van der Waals surface area contributed by atoms with Crippen LogP contribution >= 0.6 is 23.1 Å². The number of carbonyl (C=O) groups excluding carboxylic acids is 1. The number of hydrazone groups is 1. The molecular weight excluding hydrogens is 449 g/mol. The maximum Gasteiger partial charge on any atom is 0.285 e. The molecule has 0 saturated carbocycles. The summed E-state index contributed by atoms with van der Waals surface area (Å²) in [5.41, 5.74) is 4.33. The third kappa shape index (κ3) is 6.41. The molecule has 0 aliphatic heterocycles. The van der Waals surface area contributed by atoms with E-state index in [0.717, 1.165) is 27.6 Å². The van der Waals surface area contributed by atoms with Gasteiger partial charge in [0.1, 0.15) is 12.4 Å². The lowest BCUT2D eigenvalue weighted by Crippen LogP contribution is -2.17. The second-order valence-electron chi connectivity index (χ2n) is 6.76. The molecule has 0 fully saturated rings. The van der Waals surface area contributed by atoms with Gasteiger partial charge in [-0.05, 0) is 42.3 Å². The highest BCUT2D eigenvalue weighted by Gasteiger charge is 2.06. The third-order valence-corrected chi connectivity index (χ3v) is 6.59. The molecule has 0 radical (unpaired) electrons. The quantitative estimate of drug-likeness (QED) is 0.141. The van der Waals surface area contributed by atoms with Crippen LogP contribution in [0, 0.1) is 5.82 Å². The number of hydrogen-bond donors (Lipinski definition) is 1. The van der Waals surface area contributed by atoms with Gasteiger partial charge >= 0.3 is 0 Å². The number of hydrogen-bond acceptors (Lipinski definition) is 7. The first-order valence-electron chi connectivity index (χ1n) is 9.93. The number of thiazole rings is 1. The van der Waals surface area contributed by atoms with Gasteiger partial charge in [0, 0.05) is 18.2 Å². The number of benzene rings is 2. The van der Waals surface area contributed by atoms with E-state index in [0.29, 0.717) is 18.1 Å². The van der Waals surface area contributed by atoms with Gasteiger partial charge in [0.05, 0.1) is 16.4 Å². The molecule has 1 amide bonds. The number of amides is 1. The second-order valence-corrected chi connectivity index (χ2v) is 9.14. The van der Waals surface area contributed by atoms with Gasteiger partial charge in [0.15, 0.2) is 10.1 Å². The van der Waals surface area contributed by atoms with E-state index in [1.807, 2.05) is 18.2 Å². The topological polar surface area (TPSA) is 76.7 Å². The average molecular weight is 470 g/mol. The SMILES string of the molecule is O=C(CCCSc1nc2ccccc2s1)N/N=C\c1ccc(OCc2ccc(F)cc2)o1. The summed E-state index contributed by atoms with van der Waals surface area (Å²) in [6, 6.07) is 17.4. The number of furan rings is 1. The first-order chi connectivity index (χ1) is 15.7. The van der Waals surface area contributed by atoms with E-state index in [-0.39, 0.29) is 18.3 Å². The molecule has 0 aliphatic carbocycles. The Morgan fingerprint density at radius 3 is 2.88 bits per heavy atom.